The van der Waals surface area contributed by atoms with Crippen LogP contribution >= 0.6 is 0 Å². The molecule has 0 unspecified atom stereocenters. The molecule has 3 aromatic carbocycles. The molecule has 0 aromatic heterocycles. The average molecular weight is 493 g/mol. The van der Waals surface area contributed by atoms with Crippen molar-refractivity contribution in [3.63, 3.8) is 0 Å². The van der Waals surface area contributed by atoms with E-state index in [0.717, 1.165) is 11.1 Å². The average Bonchev–Trinajstić information content (AvgIpc) is 2.87. The summed E-state index contributed by atoms with van der Waals surface area (Å²) in [7, 11) is -4.05. The van der Waals surface area contributed by atoms with Gasteiger partial charge >= 0.3 is 0 Å². The van der Waals surface area contributed by atoms with Crippen LogP contribution in [-0.4, -0.2) is 43.7 Å². The second-order valence-corrected chi connectivity index (χ2v) is 10.4. The van der Waals surface area contributed by atoms with Crippen molar-refractivity contribution in [3.8, 4) is 11.5 Å². The van der Waals surface area contributed by atoms with Crippen molar-refractivity contribution < 1.29 is 27.5 Å². The van der Waals surface area contributed by atoms with Crippen LogP contribution in [-0.2, 0) is 27.8 Å². The monoisotopic (exact) mass is 492 g/mol. The van der Waals surface area contributed by atoms with Gasteiger partial charge in [-0.2, -0.15) is 4.31 Å². The Labute approximate surface area is 203 Å². The van der Waals surface area contributed by atoms with E-state index in [1.807, 2.05) is 24.3 Å². The van der Waals surface area contributed by atoms with Gasteiger partial charge in [0.1, 0.15) is 19.3 Å². The number of anilines is 1. The second kappa shape index (κ2) is 9.16. The standard InChI is InChI=1S/C26H24N2O6S/c1-17(29)18-6-8-21(9-7-18)27-26(30)23-14-19-4-2-3-5-20(19)16-28(23)35(31,32)22-10-11-24-25(15-22)34-13-12-33-24/h2-11,15,23H,12-14,16H2,1H3,(H,27,30)/t23-/m0/s1. The summed E-state index contributed by atoms with van der Waals surface area (Å²) >= 11 is 0. The lowest BCUT2D eigenvalue weighted by Crippen LogP contribution is -2.50. The minimum Gasteiger partial charge on any atom is -0.486 e. The Morgan fingerprint density at radius 1 is 0.914 bits per heavy atom. The maximum atomic E-state index is 13.8. The number of fused-ring (bicyclic) bond motifs is 2. The van der Waals surface area contributed by atoms with Crippen LogP contribution in [0.1, 0.15) is 28.4 Å². The SMILES string of the molecule is CC(=O)c1ccc(NC(=O)[C@@H]2Cc3ccccc3CN2S(=O)(=O)c2ccc3c(c2)OCCO3)cc1. The summed E-state index contributed by atoms with van der Waals surface area (Å²) in [6.45, 7) is 2.26. The molecule has 1 N–H and O–H groups in total. The first-order chi connectivity index (χ1) is 16.8. The smallest absolute Gasteiger partial charge is 0.244 e. The number of Topliss-reactive ketones (excluding diaryl/α,β-unsaturated/α-hetero) is 1. The van der Waals surface area contributed by atoms with Gasteiger partial charge in [0.05, 0.1) is 4.90 Å². The van der Waals surface area contributed by atoms with Gasteiger partial charge in [-0.15, -0.1) is 0 Å². The molecule has 35 heavy (non-hydrogen) atoms. The summed E-state index contributed by atoms with van der Waals surface area (Å²) in [6, 6.07) is 17.5. The molecule has 0 spiro atoms. The van der Waals surface area contributed by atoms with Crippen LogP contribution in [0.2, 0.25) is 0 Å². The van der Waals surface area contributed by atoms with Gasteiger partial charge in [-0.25, -0.2) is 8.42 Å². The molecule has 0 bridgehead atoms. The number of amides is 1. The second-order valence-electron chi connectivity index (χ2n) is 8.47. The van der Waals surface area contributed by atoms with Crippen molar-refractivity contribution in [2.45, 2.75) is 30.8 Å². The van der Waals surface area contributed by atoms with Crippen LogP contribution in [0.5, 0.6) is 11.5 Å². The molecule has 2 heterocycles. The summed E-state index contributed by atoms with van der Waals surface area (Å²) in [4.78, 5) is 25.0. The third-order valence-corrected chi connectivity index (χ3v) is 8.04. The summed E-state index contributed by atoms with van der Waals surface area (Å²) in [5.74, 6) is 0.323. The van der Waals surface area contributed by atoms with Crippen molar-refractivity contribution in [2.75, 3.05) is 18.5 Å². The number of ether oxygens (including phenoxy) is 2. The highest BCUT2D eigenvalue weighted by atomic mass is 32.2. The Kier molecular flexibility index (Phi) is 6.04. The molecule has 2 aliphatic rings. The number of carbonyl (C=O) groups excluding carboxylic acids is 2. The molecular formula is C26H24N2O6S. The van der Waals surface area contributed by atoms with Gasteiger partial charge in [-0.1, -0.05) is 24.3 Å². The van der Waals surface area contributed by atoms with Crippen LogP contribution in [0.3, 0.4) is 0 Å². The highest BCUT2D eigenvalue weighted by Crippen LogP contribution is 2.35. The van der Waals surface area contributed by atoms with Crippen molar-refractivity contribution in [1.29, 1.82) is 0 Å². The van der Waals surface area contributed by atoms with Crippen LogP contribution < -0.4 is 14.8 Å². The van der Waals surface area contributed by atoms with E-state index in [-0.39, 0.29) is 23.6 Å². The fourth-order valence-corrected chi connectivity index (χ4v) is 5.89. The zero-order valence-electron chi connectivity index (χ0n) is 19.1. The number of hydrogen-bond acceptors (Lipinski definition) is 6. The number of carbonyl (C=O) groups is 2. The van der Waals surface area contributed by atoms with Gasteiger partial charge in [-0.3, -0.25) is 9.59 Å². The van der Waals surface area contributed by atoms with Crippen LogP contribution in [0.25, 0.3) is 0 Å². The normalized spacial score (nSPS) is 17.3. The summed E-state index contributed by atoms with van der Waals surface area (Å²) < 4.78 is 39.9. The van der Waals surface area contributed by atoms with Gasteiger partial charge in [-0.05, 0) is 60.9 Å². The molecule has 9 heteroatoms. The van der Waals surface area contributed by atoms with Crippen LogP contribution in [0.15, 0.2) is 71.6 Å². The first-order valence-electron chi connectivity index (χ1n) is 11.2. The zero-order valence-corrected chi connectivity index (χ0v) is 19.9. The molecular weight excluding hydrogens is 468 g/mol. The number of hydrogen-bond donors (Lipinski definition) is 1. The molecule has 1 atom stereocenters. The number of benzene rings is 3. The molecule has 0 saturated carbocycles. The first-order valence-corrected chi connectivity index (χ1v) is 12.7. The van der Waals surface area contributed by atoms with Gasteiger partial charge < -0.3 is 14.8 Å². The van der Waals surface area contributed by atoms with Crippen LogP contribution in [0.4, 0.5) is 5.69 Å². The number of nitrogens with zero attached hydrogens (tertiary/aromatic N) is 1. The van der Waals surface area contributed by atoms with E-state index >= 15 is 0 Å². The molecule has 1 amide bonds. The Morgan fingerprint density at radius 2 is 1.60 bits per heavy atom. The lowest BCUT2D eigenvalue weighted by molar-refractivity contribution is -0.120. The third-order valence-electron chi connectivity index (χ3n) is 6.19. The minimum atomic E-state index is -4.05. The Bertz CT molecular complexity index is 1400. The van der Waals surface area contributed by atoms with E-state index in [0.29, 0.717) is 36.0 Å². The van der Waals surface area contributed by atoms with Crippen LogP contribution in [0, 0.1) is 0 Å². The van der Waals surface area contributed by atoms with E-state index in [1.165, 1.54) is 23.4 Å². The quantitative estimate of drug-likeness (QED) is 0.548. The Hall–Kier alpha value is -3.69. The summed E-state index contributed by atoms with van der Waals surface area (Å²) in [5.41, 5.74) is 2.78. The van der Waals surface area contributed by atoms with Crippen molar-refractivity contribution in [1.82, 2.24) is 4.31 Å². The van der Waals surface area contributed by atoms with Gasteiger partial charge in [0.25, 0.3) is 0 Å². The lowest BCUT2D eigenvalue weighted by atomic mass is 9.95. The van der Waals surface area contributed by atoms with Crippen molar-refractivity contribution >= 4 is 27.4 Å². The Balaban J connectivity index is 1.48. The summed E-state index contributed by atoms with van der Waals surface area (Å²) in [6.07, 6.45) is 0.233. The molecule has 180 valence electrons. The fourth-order valence-electron chi connectivity index (χ4n) is 4.31. The largest absolute Gasteiger partial charge is 0.486 e. The maximum absolute atomic E-state index is 13.8. The molecule has 2 aliphatic heterocycles. The van der Waals surface area contributed by atoms with Gasteiger partial charge in [0, 0.05) is 23.9 Å². The zero-order chi connectivity index (χ0) is 24.6. The molecule has 0 fully saturated rings. The van der Waals surface area contributed by atoms with Crippen molar-refractivity contribution in [2.24, 2.45) is 0 Å². The topological polar surface area (TPSA) is 102 Å². The highest BCUT2D eigenvalue weighted by molar-refractivity contribution is 7.89. The number of rotatable bonds is 5. The molecule has 5 rings (SSSR count). The Morgan fingerprint density at radius 3 is 2.31 bits per heavy atom. The molecule has 0 radical (unpaired) electrons. The maximum Gasteiger partial charge on any atom is 0.244 e. The number of ketones is 1. The summed E-state index contributed by atoms with van der Waals surface area (Å²) in [5, 5.41) is 2.81. The predicted octanol–water partition coefficient (Wildman–Crippen LogP) is 3.41. The molecule has 0 saturated heterocycles. The fraction of sp³-hybridized carbons (Fsp3) is 0.231. The van der Waals surface area contributed by atoms with E-state index in [4.69, 9.17) is 9.47 Å². The molecule has 8 nitrogen and oxygen atoms in total. The van der Waals surface area contributed by atoms with Gasteiger partial charge in [0.2, 0.25) is 15.9 Å². The predicted molar refractivity (Wildman–Crippen MR) is 129 cm³/mol. The van der Waals surface area contributed by atoms with Gasteiger partial charge in [0.15, 0.2) is 17.3 Å². The molecule has 3 aromatic rings. The number of nitrogens with one attached hydrogen (secondary N) is 1. The lowest BCUT2D eigenvalue weighted by Gasteiger charge is -2.35. The third kappa shape index (κ3) is 4.52. The van der Waals surface area contributed by atoms with E-state index < -0.39 is 22.0 Å². The first kappa shape index (κ1) is 23.1. The molecule has 0 aliphatic carbocycles. The number of sulfonamides is 1. The van der Waals surface area contributed by atoms with E-state index in [9.17, 15) is 18.0 Å². The minimum absolute atomic E-state index is 0.0322. The highest BCUT2D eigenvalue weighted by Gasteiger charge is 2.40. The van der Waals surface area contributed by atoms with E-state index in [2.05, 4.69) is 5.32 Å². The van der Waals surface area contributed by atoms with E-state index in [1.54, 1.807) is 30.3 Å². The van der Waals surface area contributed by atoms with Crippen molar-refractivity contribution in [3.05, 3.63) is 83.4 Å².